The van der Waals surface area contributed by atoms with Crippen LogP contribution < -0.4 is 11.1 Å². The van der Waals surface area contributed by atoms with E-state index in [0.717, 1.165) is 0 Å². The molecule has 0 saturated carbocycles. The van der Waals surface area contributed by atoms with E-state index >= 15 is 0 Å². The minimum absolute atomic E-state index is 0.0360. The number of hydrogen-bond donors (Lipinski definition) is 3. The van der Waals surface area contributed by atoms with Gasteiger partial charge < -0.3 is 25.8 Å². The molecule has 4 N–H and O–H groups in total. The number of amides is 3. The quantitative estimate of drug-likeness (QED) is 0.601. The van der Waals surface area contributed by atoms with Gasteiger partial charge in [-0.2, -0.15) is 0 Å². The molecule has 19 heavy (non-hydrogen) atoms. The third-order valence-corrected chi connectivity index (χ3v) is 2.89. The number of carbonyl (C=O) groups is 3. The van der Waals surface area contributed by atoms with Crippen molar-refractivity contribution in [2.45, 2.75) is 31.8 Å². The first-order valence-corrected chi connectivity index (χ1v) is 6.14. The Bertz CT molecular complexity index is 360. The molecule has 108 valence electrons. The number of carboxylic acid groups (broad SMARTS) is 1. The average molecular weight is 273 g/mol. The van der Waals surface area contributed by atoms with Crippen LogP contribution in [-0.2, 0) is 14.3 Å². The first-order chi connectivity index (χ1) is 8.97. The average Bonchev–Trinajstić information content (AvgIpc) is 2.37. The Balaban J connectivity index is 2.68. The number of aliphatic carboxylic acids is 1. The molecule has 0 radical (unpaired) electrons. The molecule has 1 heterocycles. The Morgan fingerprint density at radius 1 is 1.53 bits per heavy atom. The Hall–Kier alpha value is -1.83. The number of carboxylic acids is 1. The number of morpholine rings is 1. The third-order valence-electron chi connectivity index (χ3n) is 2.89. The summed E-state index contributed by atoms with van der Waals surface area (Å²) in [5.41, 5.74) is 5.19. The molecular formula is C11H19N3O5. The Kier molecular flexibility index (Phi) is 5.56. The van der Waals surface area contributed by atoms with Crippen LogP contribution in [0.3, 0.4) is 0 Å². The SMILES string of the molecule is CCCC(NC(=O)N1CCOCC1C(N)=O)C(=O)O. The van der Waals surface area contributed by atoms with E-state index in [1.54, 1.807) is 0 Å². The fraction of sp³-hybridized carbons (Fsp3) is 0.727. The van der Waals surface area contributed by atoms with E-state index in [-0.39, 0.29) is 13.2 Å². The van der Waals surface area contributed by atoms with Gasteiger partial charge in [-0.1, -0.05) is 13.3 Å². The summed E-state index contributed by atoms with van der Waals surface area (Å²) in [6.07, 6.45) is 0.951. The summed E-state index contributed by atoms with van der Waals surface area (Å²) < 4.78 is 5.08. The van der Waals surface area contributed by atoms with E-state index < -0.39 is 30.0 Å². The first kappa shape index (κ1) is 15.2. The standard InChI is InChI=1S/C11H19N3O5/c1-2-3-7(10(16)17)13-11(18)14-4-5-19-6-8(14)9(12)15/h7-8H,2-6H2,1H3,(H2,12,15)(H,13,18)(H,16,17). The van der Waals surface area contributed by atoms with Crippen LogP contribution >= 0.6 is 0 Å². The van der Waals surface area contributed by atoms with Gasteiger partial charge in [0.05, 0.1) is 13.2 Å². The second-order valence-corrected chi connectivity index (χ2v) is 4.32. The second-order valence-electron chi connectivity index (χ2n) is 4.32. The van der Waals surface area contributed by atoms with Gasteiger partial charge in [0.15, 0.2) is 0 Å². The number of urea groups is 1. The van der Waals surface area contributed by atoms with Gasteiger partial charge in [-0.05, 0) is 6.42 Å². The molecule has 1 fully saturated rings. The molecule has 0 aromatic carbocycles. The Morgan fingerprint density at radius 3 is 2.74 bits per heavy atom. The van der Waals surface area contributed by atoms with Crippen LogP contribution in [0.5, 0.6) is 0 Å². The highest BCUT2D eigenvalue weighted by molar-refractivity contribution is 5.88. The topological polar surface area (TPSA) is 122 Å². The van der Waals surface area contributed by atoms with E-state index in [4.69, 9.17) is 15.6 Å². The molecule has 2 unspecified atom stereocenters. The molecule has 8 nitrogen and oxygen atoms in total. The number of primary amides is 1. The predicted octanol–water partition coefficient (Wildman–Crippen LogP) is -0.865. The first-order valence-electron chi connectivity index (χ1n) is 6.14. The number of ether oxygens (including phenoxy) is 1. The van der Waals surface area contributed by atoms with Crippen LogP contribution in [0.25, 0.3) is 0 Å². The number of nitrogens with one attached hydrogen (secondary N) is 1. The van der Waals surface area contributed by atoms with Crippen molar-refractivity contribution in [1.29, 1.82) is 0 Å². The van der Waals surface area contributed by atoms with Gasteiger partial charge in [0, 0.05) is 6.54 Å². The smallest absolute Gasteiger partial charge is 0.326 e. The summed E-state index contributed by atoms with van der Waals surface area (Å²) in [5, 5.41) is 11.4. The van der Waals surface area contributed by atoms with Crippen LogP contribution in [0, 0.1) is 0 Å². The maximum Gasteiger partial charge on any atom is 0.326 e. The fourth-order valence-corrected chi connectivity index (χ4v) is 1.86. The van der Waals surface area contributed by atoms with Gasteiger partial charge in [0.2, 0.25) is 5.91 Å². The lowest BCUT2D eigenvalue weighted by atomic mass is 10.1. The van der Waals surface area contributed by atoms with Gasteiger partial charge in [0.25, 0.3) is 0 Å². The fourth-order valence-electron chi connectivity index (χ4n) is 1.86. The zero-order valence-electron chi connectivity index (χ0n) is 10.8. The number of nitrogens with zero attached hydrogens (tertiary/aromatic N) is 1. The summed E-state index contributed by atoms with van der Waals surface area (Å²) in [6, 6.07) is -2.42. The van der Waals surface area contributed by atoms with Crippen molar-refractivity contribution >= 4 is 17.9 Å². The zero-order valence-corrected chi connectivity index (χ0v) is 10.8. The number of carbonyl (C=O) groups excluding carboxylic acids is 2. The monoisotopic (exact) mass is 273 g/mol. The lowest BCUT2D eigenvalue weighted by molar-refractivity contribution is -0.139. The normalized spacial score (nSPS) is 20.7. The van der Waals surface area contributed by atoms with Crippen molar-refractivity contribution in [1.82, 2.24) is 10.2 Å². The molecule has 1 saturated heterocycles. The lowest BCUT2D eigenvalue weighted by Crippen LogP contribution is -2.59. The van der Waals surface area contributed by atoms with Crippen LogP contribution in [-0.4, -0.2) is 59.8 Å². The Labute approximate surface area is 110 Å². The molecule has 1 rings (SSSR count). The molecule has 1 aliphatic rings. The molecule has 0 aromatic rings. The van der Waals surface area contributed by atoms with Crippen LogP contribution in [0.2, 0.25) is 0 Å². The molecular weight excluding hydrogens is 254 g/mol. The largest absolute Gasteiger partial charge is 0.480 e. The summed E-state index contributed by atoms with van der Waals surface area (Å²) in [7, 11) is 0. The van der Waals surface area contributed by atoms with Gasteiger partial charge >= 0.3 is 12.0 Å². The van der Waals surface area contributed by atoms with Gasteiger partial charge in [-0.25, -0.2) is 9.59 Å². The van der Waals surface area contributed by atoms with Crippen molar-refractivity contribution in [3.05, 3.63) is 0 Å². The molecule has 2 atom stereocenters. The van der Waals surface area contributed by atoms with E-state index in [0.29, 0.717) is 19.4 Å². The summed E-state index contributed by atoms with van der Waals surface area (Å²) in [5.74, 6) is -1.77. The highest BCUT2D eigenvalue weighted by atomic mass is 16.5. The summed E-state index contributed by atoms with van der Waals surface area (Å²) in [4.78, 5) is 35.4. The number of nitrogens with two attached hydrogens (primary N) is 1. The number of hydrogen-bond acceptors (Lipinski definition) is 4. The zero-order chi connectivity index (χ0) is 14.4. The number of rotatable bonds is 5. The minimum atomic E-state index is -1.10. The molecule has 0 aliphatic carbocycles. The van der Waals surface area contributed by atoms with Crippen molar-refractivity contribution in [2.75, 3.05) is 19.8 Å². The van der Waals surface area contributed by atoms with Crippen LogP contribution in [0.4, 0.5) is 4.79 Å². The van der Waals surface area contributed by atoms with Crippen molar-refractivity contribution in [3.63, 3.8) is 0 Å². The molecule has 3 amide bonds. The van der Waals surface area contributed by atoms with Crippen molar-refractivity contribution < 1.29 is 24.2 Å². The highest BCUT2D eigenvalue weighted by Crippen LogP contribution is 2.08. The van der Waals surface area contributed by atoms with Gasteiger partial charge in [0.1, 0.15) is 12.1 Å². The second kappa shape index (κ2) is 6.93. The Morgan fingerprint density at radius 2 is 2.21 bits per heavy atom. The van der Waals surface area contributed by atoms with E-state index in [1.165, 1.54) is 4.90 Å². The third kappa shape index (κ3) is 4.09. The molecule has 0 spiro atoms. The van der Waals surface area contributed by atoms with Crippen LogP contribution in [0.1, 0.15) is 19.8 Å². The van der Waals surface area contributed by atoms with E-state index in [9.17, 15) is 14.4 Å². The predicted molar refractivity (Wildman–Crippen MR) is 65.4 cm³/mol. The highest BCUT2D eigenvalue weighted by Gasteiger charge is 2.33. The van der Waals surface area contributed by atoms with Gasteiger partial charge in [-0.15, -0.1) is 0 Å². The van der Waals surface area contributed by atoms with Crippen molar-refractivity contribution in [3.8, 4) is 0 Å². The summed E-state index contributed by atoms with van der Waals surface area (Å²) in [6.45, 7) is 2.36. The van der Waals surface area contributed by atoms with Crippen LogP contribution in [0.15, 0.2) is 0 Å². The molecule has 0 aromatic heterocycles. The maximum absolute atomic E-state index is 12.0. The minimum Gasteiger partial charge on any atom is -0.480 e. The summed E-state index contributed by atoms with van der Waals surface area (Å²) >= 11 is 0. The lowest BCUT2D eigenvalue weighted by Gasteiger charge is -2.34. The van der Waals surface area contributed by atoms with Gasteiger partial charge in [-0.3, -0.25) is 4.79 Å². The van der Waals surface area contributed by atoms with E-state index in [1.807, 2.05) is 6.92 Å². The molecule has 0 bridgehead atoms. The molecule has 8 heteroatoms. The molecule has 1 aliphatic heterocycles. The van der Waals surface area contributed by atoms with Crippen molar-refractivity contribution in [2.24, 2.45) is 5.73 Å². The van der Waals surface area contributed by atoms with E-state index in [2.05, 4.69) is 5.32 Å². The maximum atomic E-state index is 12.0.